The molecule has 0 aromatic rings. The van der Waals surface area contributed by atoms with E-state index in [9.17, 15) is 0 Å². The van der Waals surface area contributed by atoms with Crippen molar-refractivity contribution in [1.82, 2.24) is 0 Å². The Morgan fingerprint density at radius 3 is 2.30 bits per heavy atom. The minimum Gasteiger partial charge on any atom is -0.374 e. The van der Waals surface area contributed by atoms with Crippen LogP contribution in [0.5, 0.6) is 0 Å². The van der Waals surface area contributed by atoms with Gasteiger partial charge in [0, 0.05) is 6.04 Å². The Hall–Kier alpha value is -0.0800. The molecule has 0 aliphatic rings. The fourth-order valence-electron chi connectivity index (χ4n) is 0.459. The van der Waals surface area contributed by atoms with Gasteiger partial charge in [0.25, 0.3) is 0 Å². The average Bonchev–Trinajstić information content (AvgIpc) is 1.85. The van der Waals surface area contributed by atoms with Crippen molar-refractivity contribution in [3.05, 3.63) is 0 Å². The van der Waals surface area contributed by atoms with Crippen LogP contribution in [0.4, 0.5) is 0 Å². The maximum atomic E-state index is 5.53. The molecule has 0 aromatic carbocycles. The van der Waals surface area contributed by atoms with Gasteiger partial charge < -0.3 is 10.5 Å². The standard InChI is InChI=1S/C8H19NO/c1-5-8(3,4)10-6-7(2)9/h7H,5-6,9H2,1-4H3/t7-/m1/s1. The summed E-state index contributed by atoms with van der Waals surface area (Å²) in [5, 5.41) is 0. The Morgan fingerprint density at radius 2 is 2.00 bits per heavy atom. The summed E-state index contributed by atoms with van der Waals surface area (Å²) < 4.78 is 5.52. The minimum atomic E-state index is -0.00632. The molecule has 0 aromatic heterocycles. The molecular formula is C8H19NO. The van der Waals surface area contributed by atoms with Crippen LogP contribution in [-0.2, 0) is 4.74 Å². The van der Waals surface area contributed by atoms with E-state index in [4.69, 9.17) is 10.5 Å². The molecule has 0 radical (unpaired) electrons. The maximum Gasteiger partial charge on any atom is 0.0624 e. The molecule has 0 spiro atoms. The summed E-state index contributed by atoms with van der Waals surface area (Å²) in [6.07, 6.45) is 1.03. The Balaban J connectivity index is 3.46. The van der Waals surface area contributed by atoms with Gasteiger partial charge in [-0.2, -0.15) is 0 Å². The van der Waals surface area contributed by atoms with E-state index in [2.05, 4.69) is 20.8 Å². The van der Waals surface area contributed by atoms with Gasteiger partial charge in [-0.3, -0.25) is 0 Å². The third-order valence-electron chi connectivity index (χ3n) is 1.59. The smallest absolute Gasteiger partial charge is 0.0624 e. The van der Waals surface area contributed by atoms with Crippen LogP contribution in [0.1, 0.15) is 34.1 Å². The predicted molar refractivity (Wildman–Crippen MR) is 44.0 cm³/mol. The van der Waals surface area contributed by atoms with Crippen molar-refractivity contribution < 1.29 is 4.74 Å². The minimum absolute atomic E-state index is 0.00632. The molecule has 0 heterocycles. The Labute approximate surface area is 63.7 Å². The highest BCUT2D eigenvalue weighted by Crippen LogP contribution is 2.12. The van der Waals surface area contributed by atoms with Crippen molar-refractivity contribution in [3.8, 4) is 0 Å². The Bertz CT molecular complexity index is 89.3. The number of nitrogens with two attached hydrogens (primary N) is 1. The first-order valence-corrected chi connectivity index (χ1v) is 3.87. The molecule has 2 heteroatoms. The molecule has 0 unspecified atom stereocenters. The maximum absolute atomic E-state index is 5.53. The fraction of sp³-hybridized carbons (Fsp3) is 1.00. The zero-order valence-corrected chi connectivity index (χ0v) is 7.48. The quantitative estimate of drug-likeness (QED) is 0.651. The SMILES string of the molecule is CCC(C)(C)OC[C@@H](C)N. The van der Waals surface area contributed by atoms with Gasteiger partial charge >= 0.3 is 0 Å². The van der Waals surface area contributed by atoms with Crippen LogP contribution in [-0.4, -0.2) is 18.2 Å². The van der Waals surface area contributed by atoms with Crippen LogP contribution in [0.3, 0.4) is 0 Å². The summed E-state index contributed by atoms with van der Waals surface area (Å²) in [7, 11) is 0. The number of hydrogen-bond acceptors (Lipinski definition) is 2. The molecule has 0 amide bonds. The lowest BCUT2D eigenvalue weighted by molar-refractivity contribution is -0.0246. The van der Waals surface area contributed by atoms with E-state index in [0.29, 0.717) is 6.61 Å². The lowest BCUT2D eigenvalue weighted by Crippen LogP contribution is -2.31. The van der Waals surface area contributed by atoms with Crippen molar-refractivity contribution in [2.24, 2.45) is 5.73 Å². The highest BCUT2D eigenvalue weighted by atomic mass is 16.5. The van der Waals surface area contributed by atoms with Crippen molar-refractivity contribution in [2.75, 3.05) is 6.61 Å². The molecular weight excluding hydrogens is 126 g/mol. The second-order valence-corrected chi connectivity index (χ2v) is 3.40. The van der Waals surface area contributed by atoms with Gasteiger partial charge in [-0.25, -0.2) is 0 Å². The van der Waals surface area contributed by atoms with Crippen LogP contribution >= 0.6 is 0 Å². The second kappa shape index (κ2) is 3.94. The van der Waals surface area contributed by atoms with Crippen LogP contribution in [0, 0.1) is 0 Å². The van der Waals surface area contributed by atoms with Gasteiger partial charge in [0.2, 0.25) is 0 Å². The van der Waals surface area contributed by atoms with E-state index in [-0.39, 0.29) is 11.6 Å². The molecule has 0 saturated carbocycles. The summed E-state index contributed by atoms with van der Waals surface area (Å²) in [6, 6.07) is 0.144. The number of ether oxygens (including phenoxy) is 1. The number of rotatable bonds is 4. The molecule has 0 fully saturated rings. The van der Waals surface area contributed by atoms with E-state index in [1.807, 2.05) is 6.92 Å². The zero-order chi connectivity index (χ0) is 8.20. The molecule has 0 aliphatic carbocycles. The van der Waals surface area contributed by atoms with Crippen molar-refractivity contribution >= 4 is 0 Å². The average molecular weight is 145 g/mol. The third-order valence-corrected chi connectivity index (χ3v) is 1.59. The van der Waals surface area contributed by atoms with Crippen LogP contribution in [0.15, 0.2) is 0 Å². The van der Waals surface area contributed by atoms with E-state index >= 15 is 0 Å². The normalized spacial score (nSPS) is 15.3. The summed E-state index contributed by atoms with van der Waals surface area (Å²) in [5.41, 5.74) is 5.52. The Kier molecular flexibility index (Phi) is 3.91. The van der Waals surface area contributed by atoms with E-state index < -0.39 is 0 Å². The highest BCUT2D eigenvalue weighted by molar-refractivity contribution is 4.66. The van der Waals surface area contributed by atoms with Gasteiger partial charge in [-0.1, -0.05) is 6.92 Å². The predicted octanol–water partition coefficient (Wildman–Crippen LogP) is 1.54. The summed E-state index contributed by atoms with van der Waals surface area (Å²) in [6.45, 7) is 8.87. The molecule has 2 N–H and O–H groups in total. The third kappa shape index (κ3) is 4.77. The van der Waals surface area contributed by atoms with Crippen molar-refractivity contribution in [2.45, 2.75) is 45.8 Å². The molecule has 2 nitrogen and oxygen atoms in total. The molecule has 10 heavy (non-hydrogen) atoms. The monoisotopic (exact) mass is 145 g/mol. The topological polar surface area (TPSA) is 35.2 Å². The van der Waals surface area contributed by atoms with Gasteiger partial charge in [0.05, 0.1) is 12.2 Å². The summed E-state index contributed by atoms with van der Waals surface area (Å²) in [5.74, 6) is 0. The molecule has 0 bridgehead atoms. The fourth-order valence-corrected chi connectivity index (χ4v) is 0.459. The molecule has 0 saturated heterocycles. The Morgan fingerprint density at radius 1 is 1.50 bits per heavy atom. The molecule has 62 valence electrons. The van der Waals surface area contributed by atoms with Gasteiger partial charge in [0.15, 0.2) is 0 Å². The zero-order valence-electron chi connectivity index (χ0n) is 7.48. The first-order chi connectivity index (χ1) is 4.48. The van der Waals surface area contributed by atoms with Gasteiger partial charge in [-0.05, 0) is 27.2 Å². The van der Waals surface area contributed by atoms with Gasteiger partial charge in [-0.15, -0.1) is 0 Å². The van der Waals surface area contributed by atoms with E-state index in [1.54, 1.807) is 0 Å². The summed E-state index contributed by atoms with van der Waals surface area (Å²) in [4.78, 5) is 0. The van der Waals surface area contributed by atoms with Crippen LogP contribution in [0.2, 0.25) is 0 Å². The van der Waals surface area contributed by atoms with Crippen LogP contribution in [0.25, 0.3) is 0 Å². The largest absolute Gasteiger partial charge is 0.374 e. The lowest BCUT2D eigenvalue weighted by atomic mass is 10.1. The summed E-state index contributed by atoms with van der Waals surface area (Å²) >= 11 is 0. The molecule has 1 atom stereocenters. The van der Waals surface area contributed by atoms with Gasteiger partial charge in [0.1, 0.15) is 0 Å². The number of hydrogen-bond donors (Lipinski definition) is 1. The van der Waals surface area contributed by atoms with E-state index in [0.717, 1.165) is 6.42 Å². The lowest BCUT2D eigenvalue weighted by Gasteiger charge is -2.24. The second-order valence-electron chi connectivity index (χ2n) is 3.40. The van der Waals surface area contributed by atoms with Crippen LogP contribution < -0.4 is 5.73 Å². The first-order valence-electron chi connectivity index (χ1n) is 3.87. The van der Waals surface area contributed by atoms with Crippen molar-refractivity contribution in [1.29, 1.82) is 0 Å². The first kappa shape index (κ1) is 9.92. The molecule has 0 aliphatic heterocycles. The van der Waals surface area contributed by atoms with Crippen molar-refractivity contribution in [3.63, 3.8) is 0 Å². The molecule has 0 rings (SSSR count). The highest BCUT2D eigenvalue weighted by Gasteiger charge is 2.15. The van der Waals surface area contributed by atoms with E-state index in [1.165, 1.54) is 0 Å².